The van der Waals surface area contributed by atoms with Crippen molar-refractivity contribution in [1.29, 1.82) is 0 Å². The summed E-state index contributed by atoms with van der Waals surface area (Å²) in [4.78, 5) is 4.38. The van der Waals surface area contributed by atoms with Gasteiger partial charge in [0.25, 0.3) is 0 Å². The molecule has 4 nitrogen and oxygen atoms in total. The van der Waals surface area contributed by atoms with Gasteiger partial charge in [-0.2, -0.15) is 4.37 Å². The number of nitrogens with one attached hydrogen (secondary N) is 1. The Hall–Kier alpha value is -0.680. The summed E-state index contributed by atoms with van der Waals surface area (Å²) in [5.74, 6) is 0.935. The molecular formula is C9H15N3OS. The zero-order valence-electron chi connectivity index (χ0n) is 8.32. The largest absolute Gasteiger partial charge is 0.381 e. The van der Waals surface area contributed by atoms with Gasteiger partial charge < -0.3 is 10.1 Å². The van der Waals surface area contributed by atoms with Crippen molar-refractivity contribution in [3.63, 3.8) is 0 Å². The molecule has 0 atom stereocenters. The molecule has 0 bridgehead atoms. The highest BCUT2D eigenvalue weighted by Gasteiger charge is 2.14. The molecule has 14 heavy (non-hydrogen) atoms. The van der Waals surface area contributed by atoms with Gasteiger partial charge in [0.1, 0.15) is 5.82 Å². The van der Waals surface area contributed by atoms with E-state index in [2.05, 4.69) is 21.6 Å². The molecular weight excluding hydrogens is 198 g/mol. The van der Waals surface area contributed by atoms with Gasteiger partial charge in [-0.1, -0.05) is 6.92 Å². The molecule has 0 unspecified atom stereocenters. The molecule has 5 heteroatoms. The lowest BCUT2D eigenvalue weighted by molar-refractivity contribution is 0.0904. The topological polar surface area (TPSA) is 47.0 Å². The fourth-order valence-electron chi connectivity index (χ4n) is 1.47. The molecule has 1 aromatic heterocycles. The molecule has 1 aliphatic rings. The number of ether oxygens (including phenoxy) is 1. The standard InChI is InChI=1S/C9H15N3OS/c1-2-8-11-9(14-12-8)10-7-3-5-13-6-4-7/h7H,2-6H2,1H3,(H,10,11,12). The first kappa shape index (κ1) is 9.86. The summed E-state index contributed by atoms with van der Waals surface area (Å²) >= 11 is 1.45. The minimum absolute atomic E-state index is 0.515. The maximum atomic E-state index is 5.29. The third-order valence-electron chi connectivity index (χ3n) is 2.33. The summed E-state index contributed by atoms with van der Waals surface area (Å²) in [6, 6.07) is 0.515. The lowest BCUT2D eigenvalue weighted by Crippen LogP contribution is -2.27. The van der Waals surface area contributed by atoms with Gasteiger partial charge in [0.15, 0.2) is 0 Å². The van der Waals surface area contributed by atoms with E-state index in [4.69, 9.17) is 4.74 Å². The molecule has 1 fully saturated rings. The molecule has 1 aliphatic heterocycles. The van der Waals surface area contributed by atoms with Gasteiger partial charge in [-0.25, -0.2) is 4.98 Å². The second kappa shape index (κ2) is 4.70. The molecule has 1 aromatic rings. The molecule has 1 saturated heterocycles. The minimum atomic E-state index is 0.515. The fourth-order valence-corrected chi connectivity index (χ4v) is 2.20. The summed E-state index contributed by atoms with van der Waals surface area (Å²) in [7, 11) is 0. The van der Waals surface area contributed by atoms with Crippen LogP contribution in [0.3, 0.4) is 0 Å². The summed E-state index contributed by atoms with van der Waals surface area (Å²) in [6.07, 6.45) is 3.05. The number of rotatable bonds is 3. The Morgan fingerprint density at radius 1 is 1.50 bits per heavy atom. The Morgan fingerprint density at radius 2 is 2.29 bits per heavy atom. The van der Waals surface area contributed by atoms with E-state index in [1.54, 1.807) is 0 Å². The average molecular weight is 213 g/mol. The highest BCUT2D eigenvalue weighted by molar-refractivity contribution is 7.09. The molecule has 0 aliphatic carbocycles. The number of aromatic nitrogens is 2. The molecule has 0 amide bonds. The molecule has 2 heterocycles. The lowest BCUT2D eigenvalue weighted by atomic mass is 10.1. The van der Waals surface area contributed by atoms with Gasteiger partial charge in [0.2, 0.25) is 5.13 Å². The SMILES string of the molecule is CCc1nsc(NC2CCOCC2)n1. The van der Waals surface area contributed by atoms with E-state index in [0.29, 0.717) is 6.04 Å². The second-order valence-electron chi connectivity index (χ2n) is 3.40. The Bertz CT molecular complexity index is 283. The van der Waals surface area contributed by atoms with E-state index in [0.717, 1.165) is 43.4 Å². The van der Waals surface area contributed by atoms with Crippen LogP contribution in [0.1, 0.15) is 25.6 Å². The maximum absolute atomic E-state index is 5.29. The first-order chi connectivity index (χ1) is 6.88. The molecule has 1 N–H and O–H groups in total. The first-order valence-corrected chi connectivity index (χ1v) is 5.82. The van der Waals surface area contributed by atoms with Crippen molar-refractivity contribution < 1.29 is 4.74 Å². The van der Waals surface area contributed by atoms with Crippen molar-refractivity contribution >= 4 is 16.7 Å². The van der Waals surface area contributed by atoms with Gasteiger partial charge in [0.05, 0.1) is 0 Å². The summed E-state index contributed by atoms with van der Waals surface area (Å²) in [5, 5.41) is 4.35. The van der Waals surface area contributed by atoms with Crippen LogP contribution in [-0.4, -0.2) is 28.6 Å². The van der Waals surface area contributed by atoms with E-state index in [-0.39, 0.29) is 0 Å². The summed E-state index contributed by atoms with van der Waals surface area (Å²) in [5.41, 5.74) is 0. The van der Waals surface area contributed by atoms with E-state index in [1.807, 2.05) is 0 Å². The zero-order chi connectivity index (χ0) is 9.80. The van der Waals surface area contributed by atoms with E-state index in [9.17, 15) is 0 Å². The van der Waals surface area contributed by atoms with Crippen molar-refractivity contribution in [3.8, 4) is 0 Å². The fraction of sp³-hybridized carbons (Fsp3) is 0.778. The van der Waals surface area contributed by atoms with E-state index < -0.39 is 0 Å². The second-order valence-corrected chi connectivity index (χ2v) is 4.15. The van der Waals surface area contributed by atoms with Crippen molar-refractivity contribution in [2.24, 2.45) is 0 Å². The van der Waals surface area contributed by atoms with Crippen LogP contribution in [0.5, 0.6) is 0 Å². The predicted octanol–water partition coefficient (Wildman–Crippen LogP) is 1.69. The van der Waals surface area contributed by atoms with Crippen molar-refractivity contribution in [1.82, 2.24) is 9.36 Å². The highest BCUT2D eigenvalue weighted by Crippen LogP contribution is 2.16. The smallest absolute Gasteiger partial charge is 0.202 e. The number of aryl methyl sites for hydroxylation is 1. The summed E-state index contributed by atoms with van der Waals surface area (Å²) in [6.45, 7) is 3.79. The van der Waals surface area contributed by atoms with E-state index in [1.165, 1.54) is 11.5 Å². The summed E-state index contributed by atoms with van der Waals surface area (Å²) < 4.78 is 9.53. The van der Waals surface area contributed by atoms with Crippen LogP contribution in [-0.2, 0) is 11.2 Å². The Balaban J connectivity index is 1.89. The normalized spacial score (nSPS) is 18.4. The zero-order valence-corrected chi connectivity index (χ0v) is 9.14. The van der Waals surface area contributed by atoms with Crippen LogP contribution in [0.25, 0.3) is 0 Å². The van der Waals surface area contributed by atoms with Crippen LogP contribution in [0, 0.1) is 0 Å². The third-order valence-corrected chi connectivity index (χ3v) is 3.02. The van der Waals surface area contributed by atoms with Gasteiger partial charge in [-0.05, 0) is 12.8 Å². The molecule has 0 saturated carbocycles. The number of hydrogen-bond donors (Lipinski definition) is 1. The molecule has 0 radical (unpaired) electrons. The molecule has 0 spiro atoms. The number of hydrogen-bond acceptors (Lipinski definition) is 5. The molecule has 0 aromatic carbocycles. The van der Waals surface area contributed by atoms with Crippen LogP contribution in [0.4, 0.5) is 5.13 Å². The number of anilines is 1. The Labute approximate surface area is 87.9 Å². The Morgan fingerprint density at radius 3 is 2.93 bits per heavy atom. The van der Waals surface area contributed by atoms with Gasteiger partial charge in [-0.15, -0.1) is 0 Å². The maximum Gasteiger partial charge on any atom is 0.202 e. The molecule has 78 valence electrons. The number of nitrogens with zero attached hydrogens (tertiary/aromatic N) is 2. The van der Waals surface area contributed by atoms with Crippen LogP contribution >= 0.6 is 11.5 Å². The highest BCUT2D eigenvalue weighted by atomic mass is 32.1. The van der Waals surface area contributed by atoms with Crippen molar-refractivity contribution in [3.05, 3.63) is 5.82 Å². The minimum Gasteiger partial charge on any atom is -0.381 e. The molecule has 2 rings (SSSR count). The van der Waals surface area contributed by atoms with Gasteiger partial charge in [0, 0.05) is 37.2 Å². The van der Waals surface area contributed by atoms with Crippen LogP contribution in [0.2, 0.25) is 0 Å². The third kappa shape index (κ3) is 2.42. The van der Waals surface area contributed by atoms with Gasteiger partial charge in [-0.3, -0.25) is 0 Å². The predicted molar refractivity (Wildman–Crippen MR) is 56.8 cm³/mol. The van der Waals surface area contributed by atoms with Gasteiger partial charge >= 0.3 is 0 Å². The lowest BCUT2D eigenvalue weighted by Gasteiger charge is -2.22. The van der Waals surface area contributed by atoms with E-state index >= 15 is 0 Å². The Kier molecular flexibility index (Phi) is 3.31. The quantitative estimate of drug-likeness (QED) is 0.830. The van der Waals surface area contributed by atoms with Crippen molar-refractivity contribution in [2.75, 3.05) is 18.5 Å². The van der Waals surface area contributed by atoms with Crippen LogP contribution < -0.4 is 5.32 Å². The monoisotopic (exact) mass is 213 g/mol. The first-order valence-electron chi connectivity index (χ1n) is 5.05. The van der Waals surface area contributed by atoms with Crippen molar-refractivity contribution in [2.45, 2.75) is 32.2 Å². The van der Waals surface area contributed by atoms with Crippen LogP contribution in [0.15, 0.2) is 0 Å². The average Bonchev–Trinajstić information content (AvgIpc) is 2.67.